The van der Waals surface area contributed by atoms with Crippen LogP contribution in [0.3, 0.4) is 0 Å². The number of anilines is 1. The molecule has 0 bridgehead atoms. The Morgan fingerprint density at radius 1 is 1.41 bits per heavy atom. The zero-order valence-electron chi connectivity index (χ0n) is 10.5. The van der Waals surface area contributed by atoms with Gasteiger partial charge in [-0.3, -0.25) is 14.5 Å². The van der Waals surface area contributed by atoms with Crippen molar-refractivity contribution in [1.82, 2.24) is 0 Å². The Kier molecular flexibility index (Phi) is 3.60. The Balaban J connectivity index is 2.86. The van der Waals surface area contributed by atoms with Gasteiger partial charge in [0.05, 0.1) is 11.8 Å². The van der Waals surface area contributed by atoms with Crippen LogP contribution < -0.4 is 4.90 Å². The van der Waals surface area contributed by atoms with E-state index in [9.17, 15) is 9.59 Å². The van der Waals surface area contributed by atoms with Crippen molar-refractivity contribution in [3.05, 3.63) is 17.9 Å². The second-order valence-electron chi connectivity index (χ2n) is 4.70. The summed E-state index contributed by atoms with van der Waals surface area (Å²) in [6.45, 7) is 5.00. The van der Waals surface area contributed by atoms with E-state index in [1.54, 1.807) is 40.0 Å². The van der Waals surface area contributed by atoms with E-state index in [1.165, 1.54) is 4.90 Å². The first kappa shape index (κ1) is 13.3. The molecule has 94 valence electrons. The maximum Gasteiger partial charge on any atom is 0.304 e. The molecule has 0 unspecified atom stereocenters. The van der Waals surface area contributed by atoms with Crippen LogP contribution in [-0.4, -0.2) is 24.0 Å². The summed E-state index contributed by atoms with van der Waals surface area (Å²) in [7, 11) is 1.57. The van der Waals surface area contributed by atoms with E-state index in [0.29, 0.717) is 11.6 Å². The van der Waals surface area contributed by atoms with Gasteiger partial charge in [0.25, 0.3) is 0 Å². The molecule has 5 nitrogen and oxygen atoms in total. The third-order valence-corrected chi connectivity index (χ3v) is 2.53. The van der Waals surface area contributed by atoms with Crippen molar-refractivity contribution in [2.24, 2.45) is 5.41 Å². The largest absolute Gasteiger partial charge is 0.481 e. The number of rotatable bonds is 4. The average Bonchev–Trinajstić information content (AvgIpc) is 2.60. The van der Waals surface area contributed by atoms with E-state index >= 15 is 0 Å². The number of carboxylic acid groups (broad SMARTS) is 1. The van der Waals surface area contributed by atoms with Crippen LogP contribution in [0, 0.1) is 12.3 Å². The van der Waals surface area contributed by atoms with Gasteiger partial charge < -0.3 is 9.52 Å². The molecule has 0 atom stereocenters. The summed E-state index contributed by atoms with van der Waals surface area (Å²) in [6.07, 6.45) is -0.212. The molecule has 0 aliphatic carbocycles. The first-order valence-corrected chi connectivity index (χ1v) is 5.30. The molecule has 17 heavy (non-hydrogen) atoms. The van der Waals surface area contributed by atoms with Crippen LogP contribution in [0.4, 0.5) is 5.88 Å². The summed E-state index contributed by atoms with van der Waals surface area (Å²) in [5.41, 5.74) is -0.957. The molecule has 5 heteroatoms. The maximum atomic E-state index is 12.1. The Hall–Kier alpha value is -1.78. The molecular formula is C12H17NO4. The quantitative estimate of drug-likeness (QED) is 0.872. The number of hydrogen-bond acceptors (Lipinski definition) is 3. The van der Waals surface area contributed by atoms with Crippen molar-refractivity contribution in [1.29, 1.82) is 0 Å². The third kappa shape index (κ3) is 3.09. The molecule has 0 spiro atoms. The molecule has 0 radical (unpaired) electrons. The van der Waals surface area contributed by atoms with Gasteiger partial charge in [-0.2, -0.15) is 0 Å². The van der Waals surface area contributed by atoms with Crippen LogP contribution in [0.25, 0.3) is 0 Å². The number of carbonyl (C=O) groups is 2. The molecule has 0 aliphatic heterocycles. The highest BCUT2D eigenvalue weighted by atomic mass is 16.4. The maximum absolute atomic E-state index is 12.1. The predicted octanol–water partition coefficient (Wildman–Crippen LogP) is 2.05. The smallest absolute Gasteiger partial charge is 0.304 e. The molecule has 0 saturated heterocycles. The Morgan fingerprint density at radius 3 is 2.41 bits per heavy atom. The molecule has 1 aromatic heterocycles. The lowest BCUT2D eigenvalue weighted by atomic mass is 9.88. The summed E-state index contributed by atoms with van der Waals surface area (Å²) >= 11 is 0. The molecule has 0 aromatic carbocycles. The van der Waals surface area contributed by atoms with E-state index in [4.69, 9.17) is 9.52 Å². The molecule has 1 heterocycles. The normalized spacial score (nSPS) is 11.3. The zero-order chi connectivity index (χ0) is 13.2. The van der Waals surface area contributed by atoms with Crippen molar-refractivity contribution in [3.63, 3.8) is 0 Å². The SMILES string of the molecule is Cc1ccc(N(C)C(=O)C(C)(C)CC(=O)O)o1. The van der Waals surface area contributed by atoms with E-state index in [1.807, 2.05) is 0 Å². The Bertz CT molecular complexity index is 433. The van der Waals surface area contributed by atoms with Crippen LogP contribution in [0.1, 0.15) is 26.0 Å². The third-order valence-electron chi connectivity index (χ3n) is 2.53. The van der Waals surface area contributed by atoms with Gasteiger partial charge in [-0.25, -0.2) is 0 Å². The number of carbonyl (C=O) groups excluding carboxylic acids is 1. The van der Waals surface area contributed by atoms with Crippen LogP contribution in [-0.2, 0) is 9.59 Å². The topological polar surface area (TPSA) is 70.8 Å². The lowest BCUT2D eigenvalue weighted by molar-refractivity contribution is -0.143. The van der Waals surface area contributed by atoms with E-state index in [0.717, 1.165) is 0 Å². The fraction of sp³-hybridized carbons (Fsp3) is 0.500. The van der Waals surface area contributed by atoms with Gasteiger partial charge in [0, 0.05) is 13.1 Å². The van der Waals surface area contributed by atoms with Crippen molar-refractivity contribution in [3.8, 4) is 0 Å². The van der Waals surface area contributed by atoms with Crippen LogP contribution in [0.5, 0.6) is 0 Å². The van der Waals surface area contributed by atoms with Gasteiger partial charge in [-0.1, -0.05) is 13.8 Å². The van der Waals surface area contributed by atoms with Crippen molar-refractivity contribution in [2.75, 3.05) is 11.9 Å². The highest BCUT2D eigenvalue weighted by Gasteiger charge is 2.34. The molecule has 0 saturated carbocycles. The summed E-state index contributed by atoms with van der Waals surface area (Å²) in [5.74, 6) is -0.150. The lowest BCUT2D eigenvalue weighted by Crippen LogP contribution is -2.39. The number of nitrogens with zero attached hydrogens (tertiary/aromatic N) is 1. The lowest BCUT2D eigenvalue weighted by Gasteiger charge is -2.26. The van der Waals surface area contributed by atoms with Gasteiger partial charge >= 0.3 is 5.97 Å². The molecule has 0 fully saturated rings. The fourth-order valence-electron chi connectivity index (χ4n) is 1.61. The second kappa shape index (κ2) is 4.61. The zero-order valence-corrected chi connectivity index (χ0v) is 10.5. The first-order valence-electron chi connectivity index (χ1n) is 5.30. The fourth-order valence-corrected chi connectivity index (χ4v) is 1.61. The van der Waals surface area contributed by atoms with Gasteiger partial charge in [0.1, 0.15) is 5.76 Å². The van der Waals surface area contributed by atoms with Crippen LogP contribution >= 0.6 is 0 Å². The van der Waals surface area contributed by atoms with Gasteiger partial charge in [-0.15, -0.1) is 0 Å². The number of aliphatic carboxylic acids is 1. The van der Waals surface area contributed by atoms with Gasteiger partial charge in [-0.05, 0) is 13.0 Å². The molecule has 1 rings (SSSR count). The predicted molar refractivity (Wildman–Crippen MR) is 62.9 cm³/mol. The molecular weight excluding hydrogens is 222 g/mol. The Labute approximate surface area is 100 Å². The van der Waals surface area contributed by atoms with Crippen LogP contribution in [0.15, 0.2) is 16.5 Å². The number of aryl methyl sites for hydroxylation is 1. The van der Waals surface area contributed by atoms with Crippen LogP contribution in [0.2, 0.25) is 0 Å². The number of carboxylic acids is 1. The highest BCUT2D eigenvalue weighted by molar-refractivity contribution is 5.97. The first-order chi connectivity index (χ1) is 7.74. The minimum Gasteiger partial charge on any atom is -0.481 e. The summed E-state index contributed by atoms with van der Waals surface area (Å²) in [5, 5.41) is 8.76. The highest BCUT2D eigenvalue weighted by Crippen LogP contribution is 2.27. The van der Waals surface area contributed by atoms with Gasteiger partial charge in [0.15, 0.2) is 0 Å². The molecule has 1 N–H and O–H groups in total. The number of furan rings is 1. The molecule has 1 aromatic rings. The van der Waals surface area contributed by atoms with Crippen molar-refractivity contribution in [2.45, 2.75) is 27.2 Å². The summed E-state index contributed by atoms with van der Waals surface area (Å²) < 4.78 is 5.32. The van der Waals surface area contributed by atoms with Crippen molar-refractivity contribution < 1.29 is 19.1 Å². The Morgan fingerprint density at radius 2 is 2.00 bits per heavy atom. The number of amides is 1. The minimum atomic E-state index is -0.993. The standard InChI is InChI=1S/C12H17NO4/c1-8-5-6-9(17-8)13(4)11(16)12(2,3)7-10(14)15/h5-6H,7H2,1-4H3,(H,14,15). The second-order valence-corrected chi connectivity index (χ2v) is 4.70. The summed E-state index contributed by atoms with van der Waals surface area (Å²) in [6, 6.07) is 3.44. The monoisotopic (exact) mass is 239 g/mol. The average molecular weight is 239 g/mol. The van der Waals surface area contributed by atoms with E-state index < -0.39 is 11.4 Å². The minimum absolute atomic E-state index is 0.212. The summed E-state index contributed by atoms with van der Waals surface area (Å²) in [4.78, 5) is 24.1. The molecule has 0 aliphatic rings. The van der Waals surface area contributed by atoms with Gasteiger partial charge in [0.2, 0.25) is 11.8 Å². The number of hydrogen-bond donors (Lipinski definition) is 1. The van der Waals surface area contributed by atoms with E-state index in [2.05, 4.69) is 0 Å². The molecule has 1 amide bonds. The van der Waals surface area contributed by atoms with Crippen molar-refractivity contribution >= 4 is 17.8 Å². The van der Waals surface area contributed by atoms with E-state index in [-0.39, 0.29) is 12.3 Å².